The predicted octanol–water partition coefficient (Wildman–Crippen LogP) is 3.23. The molecule has 0 amide bonds. The van der Waals surface area contributed by atoms with Gasteiger partial charge in [-0.2, -0.15) is 0 Å². The molecule has 2 aromatic carbocycles. The number of methoxy groups -OCH3 is 2. The van der Waals surface area contributed by atoms with E-state index in [1.165, 1.54) is 7.11 Å². The second-order valence-electron chi connectivity index (χ2n) is 5.13. The number of ether oxygens (including phenoxy) is 2. The van der Waals surface area contributed by atoms with Crippen LogP contribution >= 0.6 is 0 Å². The lowest BCUT2D eigenvalue weighted by molar-refractivity contribution is 0.104. The molecule has 0 unspecified atom stereocenters. The van der Waals surface area contributed by atoms with Crippen molar-refractivity contribution in [2.24, 2.45) is 0 Å². The Labute approximate surface area is 128 Å². The minimum atomic E-state index is 0.0148. The number of Topliss-reactive ketones (excluding diaryl/α,β-unsaturated/α-hetero) is 1. The Morgan fingerprint density at radius 3 is 2.64 bits per heavy atom. The summed E-state index contributed by atoms with van der Waals surface area (Å²) in [5.41, 5.74) is 3.23. The van der Waals surface area contributed by atoms with Crippen molar-refractivity contribution in [2.75, 3.05) is 14.2 Å². The Morgan fingerprint density at radius 2 is 1.91 bits per heavy atom. The highest BCUT2D eigenvalue weighted by molar-refractivity contribution is 6.15. The first kappa shape index (κ1) is 14.2. The number of phenols is 1. The number of fused-ring (bicyclic) bond motifs is 1. The highest BCUT2D eigenvalue weighted by atomic mass is 16.5. The Hall–Kier alpha value is -2.75. The number of benzene rings is 2. The minimum Gasteiger partial charge on any atom is -0.504 e. The van der Waals surface area contributed by atoms with Crippen molar-refractivity contribution in [3.05, 3.63) is 58.7 Å². The number of hydrogen-bond acceptors (Lipinski definition) is 4. The van der Waals surface area contributed by atoms with Gasteiger partial charge >= 0.3 is 0 Å². The molecule has 0 saturated heterocycles. The van der Waals surface area contributed by atoms with Crippen LogP contribution in [0.5, 0.6) is 17.2 Å². The average molecular weight is 296 g/mol. The largest absolute Gasteiger partial charge is 0.504 e. The molecule has 4 nitrogen and oxygen atoms in total. The third-order valence-electron chi connectivity index (χ3n) is 3.78. The van der Waals surface area contributed by atoms with Gasteiger partial charge in [-0.15, -0.1) is 0 Å². The second-order valence-corrected chi connectivity index (χ2v) is 5.13. The van der Waals surface area contributed by atoms with Gasteiger partial charge in [-0.25, -0.2) is 0 Å². The predicted molar refractivity (Wildman–Crippen MR) is 83.7 cm³/mol. The molecule has 0 spiro atoms. The van der Waals surface area contributed by atoms with E-state index < -0.39 is 0 Å². The topological polar surface area (TPSA) is 55.8 Å². The molecule has 4 heteroatoms. The molecule has 0 heterocycles. The molecule has 3 rings (SSSR count). The van der Waals surface area contributed by atoms with Gasteiger partial charge in [0, 0.05) is 17.6 Å². The lowest BCUT2D eigenvalue weighted by atomic mass is 10.1. The smallest absolute Gasteiger partial charge is 0.189 e. The summed E-state index contributed by atoms with van der Waals surface area (Å²) in [7, 11) is 3.08. The zero-order chi connectivity index (χ0) is 15.7. The molecule has 112 valence electrons. The van der Waals surface area contributed by atoms with Gasteiger partial charge in [0.15, 0.2) is 17.3 Å². The third kappa shape index (κ3) is 2.44. The minimum absolute atomic E-state index is 0.0148. The number of phenolic OH excluding ortho intramolecular Hbond substituents is 1. The number of carbonyl (C=O) groups is 1. The van der Waals surface area contributed by atoms with Crippen molar-refractivity contribution >= 4 is 11.9 Å². The number of hydrogen-bond donors (Lipinski definition) is 1. The molecule has 0 bridgehead atoms. The van der Waals surface area contributed by atoms with Gasteiger partial charge < -0.3 is 14.6 Å². The molecule has 0 radical (unpaired) electrons. The standard InChI is InChI=1S/C18H16O4/c1-21-14-5-4-12-9-13(18(20)15(12)10-14)7-11-3-6-16(19)17(8-11)22-2/h3-8,10,19H,9H2,1-2H3. The highest BCUT2D eigenvalue weighted by Crippen LogP contribution is 2.32. The van der Waals surface area contributed by atoms with Gasteiger partial charge in [-0.3, -0.25) is 4.79 Å². The van der Waals surface area contributed by atoms with Crippen molar-refractivity contribution in [1.82, 2.24) is 0 Å². The van der Waals surface area contributed by atoms with Crippen LogP contribution in [0.3, 0.4) is 0 Å². The van der Waals surface area contributed by atoms with Gasteiger partial charge in [0.25, 0.3) is 0 Å². The zero-order valence-corrected chi connectivity index (χ0v) is 12.4. The maximum absolute atomic E-state index is 12.5. The number of aromatic hydroxyl groups is 1. The lowest BCUT2D eigenvalue weighted by Gasteiger charge is -2.04. The molecule has 0 fully saturated rings. The van der Waals surface area contributed by atoms with Crippen molar-refractivity contribution < 1.29 is 19.4 Å². The first-order chi connectivity index (χ1) is 10.6. The van der Waals surface area contributed by atoms with E-state index in [0.717, 1.165) is 16.7 Å². The van der Waals surface area contributed by atoms with Crippen molar-refractivity contribution in [3.63, 3.8) is 0 Å². The van der Waals surface area contributed by atoms with Crippen LogP contribution in [0.4, 0.5) is 0 Å². The van der Waals surface area contributed by atoms with Gasteiger partial charge in [-0.05, 0) is 41.5 Å². The van der Waals surface area contributed by atoms with Crippen molar-refractivity contribution in [3.8, 4) is 17.2 Å². The molecule has 1 aliphatic rings. The number of rotatable bonds is 3. The van der Waals surface area contributed by atoms with E-state index >= 15 is 0 Å². The van der Waals surface area contributed by atoms with Gasteiger partial charge in [-0.1, -0.05) is 12.1 Å². The highest BCUT2D eigenvalue weighted by Gasteiger charge is 2.25. The van der Waals surface area contributed by atoms with E-state index in [4.69, 9.17) is 9.47 Å². The van der Waals surface area contributed by atoms with Crippen molar-refractivity contribution in [1.29, 1.82) is 0 Å². The number of ketones is 1. The van der Waals surface area contributed by atoms with E-state index in [2.05, 4.69) is 0 Å². The summed E-state index contributed by atoms with van der Waals surface area (Å²) in [4.78, 5) is 12.5. The molecule has 2 aromatic rings. The normalized spacial score (nSPS) is 15.0. The van der Waals surface area contributed by atoms with E-state index in [-0.39, 0.29) is 11.5 Å². The van der Waals surface area contributed by atoms with Crippen LogP contribution in [0.15, 0.2) is 42.0 Å². The summed E-state index contributed by atoms with van der Waals surface area (Å²) in [6, 6.07) is 10.6. The Balaban J connectivity index is 1.95. The maximum Gasteiger partial charge on any atom is 0.189 e. The van der Waals surface area contributed by atoms with Crippen LogP contribution in [-0.2, 0) is 6.42 Å². The molecular formula is C18H16O4. The van der Waals surface area contributed by atoms with E-state index in [0.29, 0.717) is 23.5 Å². The fourth-order valence-corrected chi connectivity index (χ4v) is 2.61. The van der Waals surface area contributed by atoms with Crippen LogP contribution in [0.1, 0.15) is 21.5 Å². The van der Waals surface area contributed by atoms with Gasteiger partial charge in [0.2, 0.25) is 0 Å². The summed E-state index contributed by atoms with van der Waals surface area (Å²) in [5, 5.41) is 9.62. The monoisotopic (exact) mass is 296 g/mol. The van der Waals surface area contributed by atoms with Crippen LogP contribution in [0.2, 0.25) is 0 Å². The molecule has 1 N–H and O–H groups in total. The van der Waals surface area contributed by atoms with Gasteiger partial charge in [0.1, 0.15) is 5.75 Å². The Bertz CT molecular complexity index is 775. The molecule has 0 aromatic heterocycles. The molecule has 1 aliphatic carbocycles. The summed E-state index contributed by atoms with van der Waals surface area (Å²) in [5.74, 6) is 1.16. The molecule has 22 heavy (non-hydrogen) atoms. The van der Waals surface area contributed by atoms with Crippen LogP contribution in [0.25, 0.3) is 6.08 Å². The first-order valence-corrected chi connectivity index (χ1v) is 6.91. The average Bonchev–Trinajstić information content (AvgIpc) is 2.85. The SMILES string of the molecule is COc1ccc2c(c1)C(=O)C(=Cc1ccc(O)c(OC)c1)C2. The van der Waals surface area contributed by atoms with Gasteiger partial charge in [0.05, 0.1) is 14.2 Å². The summed E-state index contributed by atoms with van der Waals surface area (Å²) < 4.78 is 10.3. The molecule has 0 aliphatic heterocycles. The zero-order valence-electron chi connectivity index (χ0n) is 12.4. The molecule has 0 saturated carbocycles. The first-order valence-electron chi connectivity index (χ1n) is 6.91. The molecular weight excluding hydrogens is 280 g/mol. The van der Waals surface area contributed by atoms with Crippen LogP contribution in [-0.4, -0.2) is 25.1 Å². The quantitative estimate of drug-likeness (QED) is 0.884. The Kier molecular flexibility index (Phi) is 3.59. The van der Waals surface area contributed by atoms with Crippen molar-refractivity contribution in [2.45, 2.75) is 6.42 Å². The summed E-state index contributed by atoms with van der Waals surface area (Å²) >= 11 is 0. The fourth-order valence-electron chi connectivity index (χ4n) is 2.61. The van der Waals surface area contributed by atoms with E-state index in [1.807, 2.05) is 18.2 Å². The number of allylic oxidation sites excluding steroid dienone is 1. The fraction of sp³-hybridized carbons (Fsp3) is 0.167. The molecule has 0 atom stereocenters. The summed E-state index contributed by atoms with van der Waals surface area (Å²) in [6.07, 6.45) is 2.43. The summed E-state index contributed by atoms with van der Waals surface area (Å²) in [6.45, 7) is 0. The maximum atomic E-state index is 12.5. The number of carbonyl (C=O) groups excluding carboxylic acids is 1. The van der Waals surface area contributed by atoms with E-state index in [9.17, 15) is 9.90 Å². The van der Waals surface area contributed by atoms with E-state index in [1.54, 1.807) is 31.4 Å². The second kappa shape index (κ2) is 5.56. The third-order valence-corrected chi connectivity index (χ3v) is 3.78. The Morgan fingerprint density at radius 1 is 1.09 bits per heavy atom. The van der Waals surface area contributed by atoms with Crippen LogP contribution < -0.4 is 9.47 Å². The lowest BCUT2D eigenvalue weighted by Crippen LogP contribution is -1.96. The van der Waals surface area contributed by atoms with Crippen LogP contribution in [0, 0.1) is 0 Å².